The van der Waals surface area contributed by atoms with Gasteiger partial charge >= 0.3 is 7.82 Å². The average Bonchev–Trinajstić information content (AvgIpc) is 2.21. The van der Waals surface area contributed by atoms with Crippen LogP contribution in [0.4, 0.5) is 0 Å². The molecule has 0 amide bonds. The van der Waals surface area contributed by atoms with Gasteiger partial charge in [0.1, 0.15) is 24.9 Å². The van der Waals surface area contributed by atoms with E-state index >= 15 is 0 Å². The molecule has 0 saturated carbocycles. The molecule has 0 heterocycles. The zero-order valence-electron chi connectivity index (χ0n) is 8.00. The summed E-state index contributed by atoms with van der Waals surface area (Å²) in [5, 5.41) is 35.4. The van der Waals surface area contributed by atoms with Crippen LogP contribution in [-0.4, -0.2) is 67.5 Å². The molecule has 0 aromatic heterocycles. The van der Waals surface area contributed by atoms with Crippen molar-refractivity contribution in [2.45, 2.75) is 18.3 Å². The van der Waals surface area contributed by atoms with E-state index in [0.29, 0.717) is 0 Å². The molecule has 0 aromatic rings. The van der Waals surface area contributed by atoms with Crippen molar-refractivity contribution in [2.75, 3.05) is 13.2 Å². The molecule has 0 aliphatic heterocycles. The van der Waals surface area contributed by atoms with Crippen LogP contribution in [0, 0.1) is 0 Å². The fraction of sp³-hybridized carbons (Fsp3) is 0.833. The summed E-state index contributed by atoms with van der Waals surface area (Å²) in [5.41, 5.74) is 0. The number of hydrogen-bond donors (Lipinski definition) is 6. The van der Waals surface area contributed by atoms with Gasteiger partial charge in [0, 0.05) is 0 Å². The highest BCUT2D eigenvalue weighted by atomic mass is 31.2. The molecule has 6 N–H and O–H groups in total. The topological polar surface area (TPSA) is 165 Å². The first-order valence-corrected chi connectivity index (χ1v) is 5.60. The van der Waals surface area contributed by atoms with Crippen LogP contribution in [0.15, 0.2) is 0 Å². The molecule has 0 fully saturated rings. The van der Waals surface area contributed by atoms with E-state index in [2.05, 4.69) is 4.52 Å². The van der Waals surface area contributed by atoms with E-state index in [1.807, 2.05) is 0 Å². The Bertz CT molecular complexity index is 273. The SMILES string of the molecule is O=C(COP(=O)(O)O)C(O)C(O)[C@@H](O)CO. The van der Waals surface area contributed by atoms with Gasteiger partial charge in [-0.3, -0.25) is 9.32 Å². The van der Waals surface area contributed by atoms with Gasteiger partial charge in [0.05, 0.1) is 6.61 Å². The predicted molar refractivity (Wildman–Crippen MR) is 48.1 cm³/mol. The van der Waals surface area contributed by atoms with Gasteiger partial charge in [-0.1, -0.05) is 0 Å². The Morgan fingerprint density at radius 1 is 1.25 bits per heavy atom. The summed E-state index contributed by atoms with van der Waals surface area (Å²) in [7, 11) is -4.85. The lowest BCUT2D eigenvalue weighted by atomic mass is 10.1. The van der Waals surface area contributed by atoms with E-state index < -0.39 is 45.1 Å². The molecular weight excluding hydrogens is 247 g/mol. The molecule has 0 aliphatic rings. The number of aliphatic hydroxyl groups is 4. The fourth-order valence-corrected chi connectivity index (χ4v) is 1.04. The van der Waals surface area contributed by atoms with Crippen LogP contribution in [0.1, 0.15) is 0 Å². The molecule has 16 heavy (non-hydrogen) atoms. The van der Waals surface area contributed by atoms with Gasteiger partial charge in [-0.25, -0.2) is 4.57 Å². The minimum atomic E-state index is -4.85. The van der Waals surface area contributed by atoms with Gasteiger partial charge in [0.25, 0.3) is 0 Å². The minimum absolute atomic E-state index is 0.884. The predicted octanol–water partition coefficient (Wildman–Crippen LogP) is -3.26. The summed E-state index contributed by atoms with van der Waals surface area (Å²) < 4.78 is 14.0. The Kier molecular flexibility index (Phi) is 6.23. The number of hydrogen-bond acceptors (Lipinski definition) is 7. The molecule has 0 bridgehead atoms. The number of phosphoric ester groups is 1. The van der Waals surface area contributed by atoms with E-state index in [4.69, 9.17) is 30.2 Å². The molecule has 0 aromatic carbocycles. The lowest BCUT2D eigenvalue weighted by Crippen LogP contribution is -2.45. The third kappa shape index (κ3) is 5.64. The Morgan fingerprint density at radius 3 is 2.12 bits per heavy atom. The maximum absolute atomic E-state index is 11.0. The smallest absolute Gasteiger partial charge is 0.394 e. The summed E-state index contributed by atoms with van der Waals surface area (Å²) in [5.74, 6) is -1.23. The largest absolute Gasteiger partial charge is 0.470 e. The molecule has 96 valence electrons. The van der Waals surface area contributed by atoms with Crippen LogP contribution in [0.25, 0.3) is 0 Å². The first-order chi connectivity index (χ1) is 7.19. The van der Waals surface area contributed by atoms with Crippen molar-refractivity contribution in [3.05, 3.63) is 0 Å². The first kappa shape index (κ1) is 15.6. The minimum Gasteiger partial charge on any atom is -0.394 e. The normalized spacial score (nSPS) is 17.9. The van der Waals surface area contributed by atoms with Crippen LogP contribution in [-0.2, 0) is 13.9 Å². The summed E-state index contributed by atoms with van der Waals surface area (Å²) in [6.45, 7) is -2.01. The lowest BCUT2D eigenvalue weighted by molar-refractivity contribution is -0.142. The van der Waals surface area contributed by atoms with E-state index in [1.54, 1.807) is 0 Å². The number of phosphoric acid groups is 1. The maximum Gasteiger partial charge on any atom is 0.470 e. The second-order valence-electron chi connectivity index (χ2n) is 2.92. The Labute approximate surface area is 90.2 Å². The third-order valence-corrected chi connectivity index (χ3v) is 2.08. The average molecular weight is 260 g/mol. The van der Waals surface area contributed by atoms with E-state index in [0.717, 1.165) is 0 Å². The number of aliphatic hydroxyl groups excluding tert-OH is 4. The van der Waals surface area contributed by atoms with Crippen LogP contribution in [0.5, 0.6) is 0 Å². The van der Waals surface area contributed by atoms with Crippen molar-refractivity contribution in [1.29, 1.82) is 0 Å². The standard InChI is InChI=1S/C6H13O9P/c7-1-3(8)5(10)6(11)4(9)2-15-16(12,13)14/h3,5-8,10-11H,1-2H2,(H2,12,13,14)/t3-,5?,6?/m0/s1. The van der Waals surface area contributed by atoms with Crippen molar-refractivity contribution >= 4 is 13.6 Å². The van der Waals surface area contributed by atoms with Crippen molar-refractivity contribution in [3.63, 3.8) is 0 Å². The van der Waals surface area contributed by atoms with E-state index in [1.165, 1.54) is 0 Å². The maximum atomic E-state index is 11.0. The van der Waals surface area contributed by atoms with Crippen molar-refractivity contribution in [1.82, 2.24) is 0 Å². The molecule has 0 radical (unpaired) electrons. The summed E-state index contributed by atoms with van der Waals surface area (Å²) in [4.78, 5) is 27.5. The molecule has 3 atom stereocenters. The Morgan fingerprint density at radius 2 is 1.75 bits per heavy atom. The van der Waals surface area contributed by atoms with Gasteiger partial charge in [-0.15, -0.1) is 0 Å². The van der Waals surface area contributed by atoms with Gasteiger partial charge in [-0.2, -0.15) is 0 Å². The number of carbonyl (C=O) groups excluding carboxylic acids is 1. The molecule has 0 rings (SSSR count). The second-order valence-corrected chi connectivity index (χ2v) is 4.16. The molecule has 0 aliphatic carbocycles. The van der Waals surface area contributed by atoms with E-state index in [-0.39, 0.29) is 0 Å². The van der Waals surface area contributed by atoms with Crippen molar-refractivity contribution < 1.29 is 44.1 Å². The number of Topliss-reactive ketones (excluding diaryl/α,β-unsaturated/α-hetero) is 1. The fourth-order valence-electron chi connectivity index (χ4n) is 0.742. The summed E-state index contributed by atoms with van der Waals surface area (Å²) >= 11 is 0. The molecule has 0 saturated heterocycles. The number of carbonyl (C=O) groups is 1. The highest BCUT2D eigenvalue weighted by Gasteiger charge is 2.31. The highest BCUT2D eigenvalue weighted by molar-refractivity contribution is 7.46. The number of ketones is 1. The number of rotatable bonds is 7. The summed E-state index contributed by atoms with van der Waals surface area (Å²) in [6, 6.07) is 0. The second kappa shape index (κ2) is 6.38. The third-order valence-electron chi connectivity index (χ3n) is 1.61. The molecule has 2 unspecified atom stereocenters. The summed E-state index contributed by atoms with van der Waals surface area (Å²) in [6.07, 6.45) is -5.81. The zero-order valence-corrected chi connectivity index (χ0v) is 8.90. The van der Waals surface area contributed by atoms with Crippen LogP contribution in [0.2, 0.25) is 0 Å². The zero-order chi connectivity index (χ0) is 12.9. The van der Waals surface area contributed by atoms with Gasteiger partial charge in [-0.05, 0) is 0 Å². The van der Waals surface area contributed by atoms with Crippen LogP contribution >= 0.6 is 7.82 Å². The van der Waals surface area contributed by atoms with Crippen LogP contribution in [0.3, 0.4) is 0 Å². The molecular formula is C6H13O9P. The molecule has 0 spiro atoms. The Balaban J connectivity index is 4.23. The monoisotopic (exact) mass is 260 g/mol. The molecule has 9 nitrogen and oxygen atoms in total. The van der Waals surface area contributed by atoms with Gasteiger partial charge in [0.2, 0.25) is 0 Å². The highest BCUT2D eigenvalue weighted by Crippen LogP contribution is 2.35. The van der Waals surface area contributed by atoms with Gasteiger partial charge < -0.3 is 30.2 Å². The molecule has 10 heteroatoms. The van der Waals surface area contributed by atoms with Gasteiger partial charge in [0.15, 0.2) is 5.78 Å². The van der Waals surface area contributed by atoms with E-state index in [9.17, 15) is 9.36 Å². The quantitative estimate of drug-likeness (QED) is 0.258. The van der Waals surface area contributed by atoms with Crippen LogP contribution < -0.4 is 0 Å². The van der Waals surface area contributed by atoms with Crippen molar-refractivity contribution in [3.8, 4) is 0 Å². The Hall–Kier alpha value is -0.380. The van der Waals surface area contributed by atoms with Crippen molar-refractivity contribution in [2.24, 2.45) is 0 Å². The lowest BCUT2D eigenvalue weighted by Gasteiger charge is -2.20. The first-order valence-electron chi connectivity index (χ1n) is 4.07.